The summed E-state index contributed by atoms with van der Waals surface area (Å²) < 4.78 is 0. The smallest absolute Gasteiger partial charge is 0.224 e. The van der Waals surface area contributed by atoms with Crippen LogP contribution >= 0.6 is 0 Å². The predicted molar refractivity (Wildman–Crippen MR) is 73.7 cm³/mol. The number of hydrogen-bond acceptors (Lipinski definition) is 2. The van der Waals surface area contributed by atoms with Gasteiger partial charge in [-0.25, -0.2) is 0 Å². The maximum atomic E-state index is 11.7. The van der Waals surface area contributed by atoms with Crippen molar-refractivity contribution in [2.24, 2.45) is 0 Å². The fraction of sp³-hybridized carbons (Fsp3) is 0.286. The number of aromatic amines is 1. The molecule has 0 spiro atoms. The first kappa shape index (κ1) is 13.1. The Labute approximate surface area is 111 Å². The lowest BCUT2D eigenvalue weighted by molar-refractivity contribution is -0.121. The monoisotopic (exact) mass is 259 g/mol. The standard InChI is InChI=1S/C14H17N3O2/c1-10(18)15-6-7-17-14(19)9-11-2-3-13-12(8-11)4-5-16-13/h2-5,8,16H,6-7,9H2,1H3,(H,15,18)(H,17,19). The van der Waals surface area contributed by atoms with Crippen molar-refractivity contribution in [3.05, 3.63) is 36.0 Å². The molecule has 5 heteroatoms. The lowest BCUT2D eigenvalue weighted by atomic mass is 10.1. The van der Waals surface area contributed by atoms with Crippen LogP contribution in [0.2, 0.25) is 0 Å². The summed E-state index contributed by atoms with van der Waals surface area (Å²) in [5.41, 5.74) is 2.04. The second-order valence-corrected chi connectivity index (χ2v) is 4.41. The minimum Gasteiger partial charge on any atom is -0.361 e. The molecule has 0 bridgehead atoms. The van der Waals surface area contributed by atoms with Crippen LogP contribution in [0.3, 0.4) is 0 Å². The van der Waals surface area contributed by atoms with Crippen LogP contribution in [0, 0.1) is 0 Å². The number of carbonyl (C=O) groups is 2. The van der Waals surface area contributed by atoms with E-state index in [1.807, 2.05) is 30.5 Å². The van der Waals surface area contributed by atoms with E-state index in [-0.39, 0.29) is 11.8 Å². The van der Waals surface area contributed by atoms with Crippen LogP contribution in [0.5, 0.6) is 0 Å². The zero-order valence-electron chi connectivity index (χ0n) is 10.8. The maximum Gasteiger partial charge on any atom is 0.224 e. The summed E-state index contributed by atoms with van der Waals surface area (Å²) in [7, 11) is 0. The second-order valence-electron chi connectivity index (χ2n) is 4.41. The molecule has 2 amide bonds. The normalized spacial score (nSPS) is 10.4. The quantitative estimate of drug-likeness (QED) is 0.700. The van der Waals surface area contributed by atoms with Gasteiger partial charge in [-0.05, 0) is 29.1 Å². The van der Waals surface area contributed by atoms with Crippen LogP contribution in [-0.2, 0) is 16.0 Å². The van der Waals surface area contributed by atoms with Crippen molar-refractivity contribution >= 4 is 22.7 Å². The molecule has 2 rings (SSSR count). The summed E-state index contributed by atoms with van der Waals surface area (Å²) >= 11 is 0. The molecule has 19 heavy (non-hydrogen) atoms. The number of amides is 2. The first-order chi connectivity index (χ1) is 9.15. The van der Waals surface area contributed by atoms with Crippen LogP contribution in [0.15, 0.2) is 30.5 Å². The number of hydrogen-bond donors (Lipinski definition) is 3. The van der Waals surface area contributed by atoms with Crippen LogP contribution in [0.25, 0.3) is 10.9 Å². The van der Waals surface area contributed by atoms with Gasteiger partial charge in [-0.15, -0.1) is 0 Å². The van der Waals surface area contributed by atoms with Crippen molar-refractivity contribution in [1.29, 1.82) is 0 Å². The third kappa shape index (κ3) is 3.84. The predicted octanol–water partition coefficient (Wildman–Crippen LogP) is 0.963. The first-order valence-corrected chi connectivity index (χ1v) is 6.22. The molecule has 0 fully saturated rings. The van der Waals surface area contributed by atoms with Gasteiger partial charge in [-0.3, -0.25) is 9.59 Å². The van der Waals surface area contributed by atoms with Crippen molar-refractivity contribution in [1.82, 2.24) is 15.6 Å². The van der Waals surface area contributed by atoms with Crippen LogP contribution in [0.4, 0.5) is 0 Å². The number of nitrogens with one attached hydrogen (secondary N) is 3. The van der Waals surface area contributed by atoms with E-state index in [2.05, 4.69) is 15.6 Å². The Morgan fingerprint density at radius 2 is 1.95 bits per heavy atom. The fourth-order valence-electron chi connectivity index (χ4n) is 1.90. The first-order valence-electron chi connectivity index (χ1n) is 6.22. The summed E-state index contributed by atoms with van der Waals surface area (Å²) in [5, 5.41) is 6.50. The van der Waals surface area contributed by atoms with E-state index < -0.39 is 0 Å². The van der Waals surface area contributed by atoms with E-state index >= 15 is 0 Å². The van der Waals surface area contributed by atoms with Gasteiger partial charge in [0.2, 0.25) is 11.8 Å². The van der Waals surface area contributed by atoms with Gasteiger partial charge < -0.3 is 15.6 Å². The summed E-state index contributed by atoms with van der Waals surface area (Å²) in [6, 6.07) is 7.88. The van der Waals surface area contributed by atoms with Crippen molar-refractivity contribution in [3.8, 4) is 0 Å². The Morgan fingerprint density at radius 1 is 1.16 bits per heavy atom. The third-order valence-corrected chi connectivity index (χ3v) is 2.80. The summed E-state index contributed by atoms with van der Waals surface area (Å²) in [4.78, 5) is 25.5. The SMILES string of the molecule is CC(=O)NCCNC(=O)Cc1ccc2[nH]ccc2c1. The molecule has 1 aromatic carbocycles. The summed E-state index contributed by atoms with van der Waals surface area (Å²) in [6.45, 7) is 2.36. The van der Waals surface area contributed by atoms with Crippen molar-refractivity contribution < 1.29 is 9.59 Å². The van der Waals surface area contributed by atoms with Crippen LogP contribution < -0.4 is 10.6 Å². The number of fused-ring (bicyclic) bond motifs is 1. The number of carbonyl (C=O) groups excluding carboxylic acids is 2. The fourth-order valence-corrected chi connectivity index (χ4v) is 1.90. The molecule has 2 aromatic rings. The number of aromatic nitrogens is 1. The van der Waals surface area contributed by atoms with Gasteiger partial charge in [0.15, 0.2) is 0 Å². The van der Waals surface area contributed by atoms with Gasteiger partial charge in [-0.2, -0.15) is 0 Å². The van der Waals surface area contributed by atoms with Crippen LogP contribution in [0.1, 0.15) is 12.5 Å². The third-order valence-electron chi connectivity index (χ3n) is 2.80. The van der Waals surface area contributed by atoms with Gasteiger partial charge in [0.05, 0.1) is 6.42 Å². The molecule has 3 N–H and O–H groups in total. The molecule has 100 valence electrons. The van der Waals surface area contributed by atoms with Gasteiger partial charge in [0.25, 0.3) is 0 Å². The molecular weight excluding hydrogens is 242 g/mol. The lowest BCUT2D eigenvalue weighted by Gasteiger charge is -2.06. The Hall–Kier alpha value is -2.30. The summed E-state index contributed by atoms with van der Waals surface area (Å²) in [6.07, 6.45) is 2.23. The van der Waals surface area contributed by atoms with Crippen molar-refractivity contribution in [3.63, 3.8) is 0 Å². The number of benzene rings is 1. The van der Waals surface area contributed by atoms with Gasteiger partial charge in [0, 0.05) is 31.7 Å². The molecule has 0 aliphatic heterocycles. The molecule has 1 heterocycles. The lowest BCUT2D eigenvalue weighted by Crippen LogP contribution is -2.34. The summed E-state index contributed by atoms with van der Waals surface area (Å²) in [5.74, 6) is -0.132. The van der Waals surface area contributed by atoms with Crippen LogP contribution in [-0.4, -0.2) is 29.9 Å². The molecule has 0 saturated heterocycles. The van der Waals surface area contributed by atoms with E-state index in [1.54, 1.807) is 0 Å². The average molecular weight is 259 g/mol. The van der Waals surface area contributed by atoms with E-state index in [0.29, 0.717) is 19.5 Å². The van der Waals surface area contributed by atoms with Gasteiger partial charge in [0.1, 0.15) is 0 Å². The molecule has 0 aliphatic carbocycles. The topological polar surface area (TPSA) is 74.0 Å². The molecule has 1 aromatic heterocycles. The highest BCUT2D eigenvalue weighted by Gasteiger charge is 2.04. The van der Waals surface area contributed by atoms with E-state index in [1.165, 1.54) is 6.92 Å². The molecule has 0 saturated carbocycles. The highest BCUT2D eigenvalue weighted by Crippen LogP contribution is 2.14. The molecular formula is C14H17N3O2. The zero-order valence-corrected chi connectivity index (χ0v) is 10.8. The Morgan fingerprint density at radius 3 is 2.74 bits per heavy atom. The van der Waals surface area contributed by atoms with E-state index in [9.17, 15) is 9.59 Å². The highest BCUT2D eigenvalue weighted by molar-refractivity contribution is 5.83. The Kier molecular flexibility index (Phi) is 4.18. The number of H-pyrrole nitrogens is 1. The van der Waals surface area contributed by atoms with Gasteiger partial charge >= 0.3 is 0 Å². The van der Waals surface area contributed by atoms with E-state index in [4.69, 9.17) is 0 Å². The molecule has 0 aliphatic rings. The number of rotatable bonds is 5. The second kappa shape index (κ2) is 6.04. The Balaban J connectivity index is 1.82. The largest absolute Gasteiger partial charge is 0.361 e. The van der Waals surface area contributed by atoms with E-state index in [0.717, 1.165) is 16.5 Å². The average Bonchev–Trinajstić information content (AvgIpc) is 2.82. The Bertz CT molecular complexity index is 589. The molecule has 0 radical (unpaired) electrons. The van der Waals surface area contributed by atoms with Gasteiger partial charge in [-0.1, -0.05) is 6.07 Å². The van der Waals surface area contributed by atoms with Crippen molar-refractivity contribution in [2.75, 3.05) is 13.1 Å². The highest BCUT2D eigenvalue weighted by atomic mass is 16.2. The molecule has 0 atom stereocenters. The maximum absolute atomic E-state index is 11.7. The molecule has 0 unspecified atom stereocenters. The van der Waals surface area contributed by atoms with Crippen molar-refractivity contribution in [2.45, 2.75) is 13.3 Å². The zero-order chi connectivity index (χ0) is 13.7. The minimum atomic E-state index is -0.0906. The minimum absolute atomic E-state index is 0.0414. The molecule has 5 nitrogen and oxygen atoms in total.